The number of carbonyl (C=O) groups is 7. The summed E-state index contributed by atoms with van der Waals surface area (Å²) in [5.41, 5.74) is 11.1. The van der Waals surface area contributed by atoms with Crippen molar-refractivity contribution < 1.29 is 81.3 Å². The van der Waals surface area contributed by atoms with Gasteiger partial charge in [0.2, 0.25) is 17.7 Å². The zero-order valence-electron chi connectivity index (χ0n) is 39.6. The van der Waals surface area contributed by atoms with E-state index in [0.29, 0.717) is 12.8 Å². The summed E-state index contributed by atoms with van der Waals surface area (Å²) < 4.78 is 0. The smallest absolute Gasteiger partial charge is 0.326 e. The number of nitrogens with zero attached hydrogens (tertiary/aromatic N) is 1. The number of carboxylic acid groups (broad SMARTS) is 2. The number of carbonyl (C=O) groups excluding carboxylic acids is 6. The van der Waals surface area contributed by atoms with Gasteiger partial charge in [0.15, 0.2) is 7.85 Å². The minimum absolute atomic E-state index is 0. The third-order valence-electron chi connectivity index (χ3n) is 8.37. The van der Waals surface area contributed by atoms with Gasteiger partial charge in [-0.3, -0.25) is 19.2 Å². The van der Waals surface area contributed by atoms with Crippen LogP contribution in [0.2, 0.25) is 0 Å². The van der Waals surface area contributed by atoms with E-state index in [0.717, 1.165) is 64.2 Å². The van der Waals surface area contributed by atoms with Crippen molar-refractivity contribution in [3.63, 3.8) is 0 Å². The van der Waals surface area contributed by atoms with E-state index >= 15 is 0 Å². The van der Waals surface area contributed by atoms with E-state index in [4.69, 9.17) is 24.4 Å². The second kappa shape index (κ2) is 48.5. The van der Waals surface area contributed by atoms with Crippen molar-refractivity contribution >= 4 is 55.3 Å². The molecular formula is C44H84BN5O10Y-2. The van der Waals surface area contributed by atoms with E-state index in [1.165, 1.54) is 38.0 Å². The molecule has 0 spiro atoms. The molecule has 7 N–H and O–H groups in total. The van der Waals surface area contributed by atoms with Gasteiger partial charge in [-0.2, -0.15) is 0 Å². The maximum Gasteiger partial charge on any atom is 0.326 e. The van der Waals surface area contributed by atoms with Gasteiger partial charge in [0.25, 0.3) is 0 Å². The Kier molecular flexibility index (Phi) is 55.7. The van der Waals surface area contributed by atoms with Gasteiger partial charge in [0, 0.05) is 71.5 Å². The fraction of sp³-hybridized carbons (Fsp3) is 0.818. The maximum atomic E-state index is 12.5. The molecule has 0 aliphatic carbocycles. The largest absolute Gasteiger partial charge is 0.667 e. The number of hydrogen-bond acceptors (Lipinski definition) is 9. The Morgan fingerprint density at radius 1 is 0.770 bits per heavy atom. The predicted octanol–water partition coefficient (Wildman–Crippen LogP) is 7.25. The summed E-state index contributed by atoms with van der Waals surface area (Å²) in [4.78, 5) is 91.2. The molecule has 0 saturated carbocycles. The van der Waals surface area contributed by atoms with Crippen LogP contribution in [0, 0.1) is 5.92 Å². The summed E-state index contributed by atoms with van der Waals surface area (Å²) in [5.74, 6) is -2.62. The zero-order chi connectivity index (χ0) is 47.5. The molecule has 0 aliphatic heterocycles. The summed E-state index contributed by atoms with van der Waals surface area (Å²) in [7, 11) is 4.74. The van der Waals surface area contributed by atoms with Crippen molar-refractivity contribution in [2.45, 2.75) is 209 Å². The van der Waals surface area contributed by atoms with Crippen LogP contribution >= 0.6 is 0 Å². The molecule has 0 rings (SSSR count). The number of unbranched alkanes of at least 4 members (excludes halogenated alkanes) is 11. The molecule has 61 heavy (non-hydrogen) atoms. The Morgan fingerprint density at radius 3 is 1.52 bits per heavy atom. The fourth-order valence-electron chi connectivity index (χ4n) is 5.09. The molecule has 2 atom stereocenters. The van der Waals surface area contributed by atoms with Crippen LogP contribution in [-0.4, -0.2) is 108 Å². The first-order valence-corrected chi connectivity index (χ1v) is 22.1. The minimum Gasteiger partial charge on any atom is -0.667 e. The Labute approximate surface area is 395 Å². The Morgan fingerprint density at radius 2 is 1.20 bits per heavy atom. The Bertz CT molecular complexity index is 1160. The van der Waals surface area contributed by atoms with Gasteiger partial charge in [0.1, 0.15) is 11.8 Å². The standard InChI is InChI=1S/C31H55N4O8.C5H10O.C4H7BNO.2C2H6.Y/c1-24(2)23-25(32)30(41)35(21-22-36)20-19-33-27(37)18-17-26(31(42)43)34-28(38)15-13-11-9-7-5-3-4-6-8-10-12-14-16-29(39)40;1-3-4-5(2)6;1-4(2,6)3(5)7;2*1-2;/h24-26H,3-21,23,32H2,1-2H3,(H,33,37)(H,34,38)(H,39,40)(H,42,43);3-4H2,1-2H3;6H,1-2H3;2*1-2H3;/q-1;;-1;;;/t25-,26?;;;;;/m0...../s1. The summed E-state index contributed by atoms with van der Waals surface area (Å²) in [6.07, 6.45) is 16.5. The number of carboxylic acids is 2. The van der Waals surface area contributed by atoms with Gasteiger partial charge in [0.05, 0.1) is 11.7 Å². The van der Waals surface area contributed by atoms with Crippen LogP contribution in [0.1, 0.15) is 191 Å². The molecule has 353 valence electrons. The Balaban J connectivity index is -0.000000353. The molecule has 0 bridgehead atoms. The SMILES string of the molecule is CC.CC.CC(C)C[C@H](N)C(=O)N(C[C-]=O)CCNC(=O)CCC(NC(=O)CCCCCCCCCCCCCCC(=O)O)C(=O)O.CCCC(C)=O.[B]C(=O)C(C)(C)[NH-].[Y]. The van der Waals surface area contributed by atoms with Crippen molar-refractivity contribution in [1.82, 2.24) is 15.5 Å². The predicted molar refractivity (Wildman–Crippen MR) is 241 cm³/mol. The van der Waals surface area contributed by atoms with Crippen molar-refractivity contribution in [2.24, 2.45) is 11.7 Å². The van der Waals surface area contributed by atoms with Crippen LogP contribution < -0.4 is 16.4 Å². The van der Waals surface area contributed by atoms with Crippen LogP contribution in [0.4, 0.5) is 0 Å². The molecule has 1 unspecified atom stereocenters. The van der Waals surface area contributed by atoms with Crippen LogP contribution in [0.15, 0.2) is 0 Å². The molecule has 0 aromatic rings. The topological polar surface area (TPSA) is 254 Å². The minimum atomic E-state index is -1.21. The molecule has 3 radical (unpaired) electrons. The molecule has 15 nitrogen and oxygen atoms in total. The normalized spacial score (nSPS) is 11.0. The number of hydrogen-bond donors (Lipinski definition) is 5. The molecule has 0 heterocycles. The second-order valence-electron chi connectivity index (χ2n) is 15.1. The molecule has 0 aromatic heterocycles. The van der Waals surface area contributed by atoms with Crippen LogP contribution in [0.25, 0.3) is 5.73 Å². The van der Waals surface area contributed by atoms with E-state index in [1.807, 2.05) is 48.5 Å². The number of ketones is 1. The third-order valence-corrected chi connectivity index (χ3v) is 8.37. The summed E-state index contributed by atoms with van der Waals surface area (Å²) in [6, 6.07) is -1.92. The van der Waals surface area contributed by atoms with Gasteiger partial charge in [-0.05, 0) is 44.9 Å². The van der Waals surface area contributed by atoms with E-state index < -0.39 is 47.1 Å². The van der Waals surface area contributed by atoms with E-state index in [9.17, 15) is 43.5 Å². The van der Waals surface area contributed by atoms with E-state index in [-0.39, 0.29) is 95.6 Å². The number of rotatable bonds is 31. The first-order valence-electron chi connectivity index (χ1n) is 22.1. The fourth-order valence-corrected chi connectivity index (χ4v) is 5.09. The second-order valence-corrected chi connectivity index (χ2v) is 15.1. The molecule has 0 saturated heterocycles. The van der Waals surface area contributed by atoms with Crippen LogP contribution in [0.5, 0.6) is 0 Å². The number of Topliss-reactive ketones (excluding diaryl/α,β-unsaturated/α-hetero) is 1. The zero-order valence-corrected chi connectivity index (χ0v) is 42.5. The van der Waals surface area contributed by atoms with E-state index in [2.05, 4.69) is 10.6 Å². The van der Waals surface area contributed by atoms with Crippen molar-refractivity contribution in [3.8, 4) is 0 Å². The van der Waals surface area contributed by atoms with Gasteiger partial charge < -0.3 is 51.6 Å². The van der Waals surface area contributed by atoms with Gasteiger partial charge >= 0.3 is 11.9 Å². The average molecular weight is 943 g/mol. The first kappa shape index (κ1) is 70.1. The third kappa shape index (κ3) is 53.5. The summed E-state index contributed by atoms with van der Waals surface area (Å²) >= 11 is 0. The van der Waals surface area contributed by atoms with Crippen molar-refractivity contribution in [2.75, 3.05) is 19.6 Å². The molecule has 17 heteroatoms. The summed E-state index contributed by atoms with van der Waals surface area (Å²) in [5, 5.41) is 23.2. The van der Waals surface area contributed by atoms with Crippen LogP contribution in [-0.2, 0) is 71.1 Å². The maximum absolute atomic E-state index is 12.5. The number of nitrogens with two attached hydrogens (primary N) is 1. The number of amides is 3. The van der Waals surface area contributed by atoms with Gasteiger partial charge in [-0.15, -0.1) is 0 Å². The molecular weight excluding hydrogens is 858 g/mol. The molecule has 0 fully saturated rings. The molecule has 0 aliphatic rings. The monoisotopic (exact) mass is 943 g/mol. The van der Waals surface area contributed by atoms with Crippen molar-refractivity contribution in [3.05, 3.63) is 5.73 Å². The first-order chi connectivity index (χ1) is 28.2. The molecule has 3 amide bonds. The van der Waals surface area contributed by atoms with Crippen molar-refractivity contribution in [1.29, 1.82) is 0 Å². The summed E-state index contributed by atoms with van der Waals surface area (Å²) in [6.45, 7) is 18.3. The van der Waals surface area contributed by atoms with Gasteiger partial charge in [-0.25, -0.2) is 11.1 Å². The average Bonchev–Trinajstić information content (AvgIpc) is 3.17. The number of aliphatic carboxylic acids is 2. The quantitative estimate of drug-likeness (QED) is 0.0263. The van der Waals surface area contributed by atoms with Gasteiger partial charge in [-0.1, -0.05) is 139 Å². The van der Waals surface area contributed by atoms with Crippen LogP contribution in [0.3, 0.4) is 0 Å². The molecule has 0 aromatic carbocycles. The number of nitrogens with one attached hydrogen (secondary N) is 3. The Hall–Kier alpha value is -2.55. The van der Waals surface area contributed by atoms with E-state index in [1.54, 1.807) is 13.2 Å².